The lowest BCUT2D eigenvalue weighted by atomic mass is 10.1. The van der Waals surface area contributed by atoms with Gasteiger partial charge in [-0.2, -0.15) is 0 Å². The maximum atomic E-state index is 6.18. The Morgan fingerprint density at radius 2 is 2.12 bits per heavy atom. The van der Waals surface area contributed by atoms with E-state index in [1.807, 2.05) is 31.2 Å². The van der Waals surface area contributed by atoms with Gasteiger partial charge in [0.2, 0.25) is 0 Å². The smallest absolute Gasteiger partial charge is 0.0888 e. The highest BCUT2D eigenvalue weighted by molar-refractivity contribution is 6.33. The molecule has 0 fully saturated rings. The fourth-order valence-electron chi connectivity index (χ4n) is 1.59. The summed E-state index contributed by atoms with van der Waals surface area (Å²) >= 11 is 6.18. The van der Waals surface area contributed by atoms with Crippen LogP contribution < -0.4 is 5.73 Å². The normalized spacial score (nSPS) is 10.4. The van der Waals surface area contributed by atoms with Crippen molar-refractivity contribution < 1.29 is 0 Å². The fraction of sp³-hybridized carbons (Fsp3) is 0.154. The number of aryl methyl sites for hydroxylation is 1. The second-order valence-corrected chi connectivity index (χ2v) is 4.15. The molecule has 0 spiro atoms. The number of aromatic nitrogens is 1. The van der Waals surface area contributed by atoms with Crippen molar-refractivity contribution in [3.8, 4) is 11.3 Å². The van der Waals surface area contributed by atoms with Crippen molar-refractivity contribution in [1.29, 1.82) is 0 Å². The van der Waals surface area contributed by atoms with Crippen LogP contribution in [0.3, 0.4) is 0 Å². The summed E-state index contributed by atoms with van der Waals surface area (Å²) in [5.74, 6) is 0. The minimum atomic E-state index is 0.459. The standard InChI is InChI=1S/C13H13ClN2/c1-9-3-2-4-11(5-9)13-12(14)6-10(7-15)8-16-13/h2-6,8H,7,15H2,1H3. The van der Waals surface area contributed by atoms with Gasteiger partial charge in [-0.1, -0.05) is 35.4 Å². The molecule has 16 heavy (non-hydrogen) atoms. The molecule has 1 aromatic carbocycles. The summed E-state index contributed by atoms with van der Waals surface area (Å²) in [4.78, 5) is 4.35. The van der Waals surface area contributed by atoms with E-state index in [9.17, 15) is 0 Å². The van der Waals surface area contributed by atoms with Gasteiger partial charge in [0.25, 0.3) is 0 Å². The van der Waals surface area contributed by atoms with Crippen LogP contribution in [0.5, 0.6) is 0 Å². The van der Waals surface area contributed by atoms with Crippen LogP contribution >= 0.6 is 11.6 Å². The summed E-state index contributed by atoms with van der Waals surface area (Å²) in [5, 5.41) is 0.647. The number of halogens is 1. The minimum absolute atomic E-state index is 0.459. The maximum absolute atomic E-state index is 6.18. The Labute approximate surface area is 100 Å². The van der Waals surface area contributed by atoms with Crippen molar-refractivity contribution in [3.63, 3.8) is 0 Å². The Morgan fingerprint density at radius 3 is 2.75 bits per heavy atom. The predicted molar refractivity (Wildman–Crippen MR) is 67.3 cm³/mol. The van der Waals surface area contributed by atoms with Gasteiger partial charge >= 0.3 is 0 Å². The summed E-state index contributed by atoms with van der Waals surface area (Å²) in [5.41, 5.74) is 9.52. The highest BCUT2D eigenvalue weighted by Crippen LogP contribution is 2.26. The molecule has 0 amide bonds. The summed E-state index contributed by atoms with van der Waals surface area (Å²) in [6.07, 6.45) is 1.77. The van der Waals surface area contributed by atoms with E-state index in [-0.39, 0.29) is 0 Å². The van der Waals surface area contributed by atoms with Crippen LogP contribution in [0, 0.1) is 6.92 Å². The van der Waals surface area contributed by atoms with E-state index in [0.29, 0.717) is 11.6 Å². The Morgan fingerprint density at radius 1 is 1.31 bits per heavy atom. The third-order valence-electron chi connectivity index (χ3n) is 2.43. The van der Waals surface area contributed by atoms with Gasteiger partial charge in [0.1, 0.15) is 0 Å². The number of hydrogen-bond acceptors (Lipinski definition) is 2. The van der Waals surface area contributed by atoms with Crippen LogP contribution in [0.4, 0.5) is 0 Å². The Kier molecular flexibility index (Phi) is 3.22. The molecule has 0 saturated carbocycles. The number of pyridine rings is 1. The number of rotatable bonds is 2. The van der Waals surface area contributed by atoms with Crippen LogP contribution in [0.2, 0.25) is 5.02 Å². The van der Waals surface area contributed by atoms with Gasteiger partial charge in [-0.3, -0.25) is 4.98 Å². The maximum Gasteiger partial charge on any atom is 0.0888 e. The lowest BCUT2D eigenvalue weighted by Crippen LogP contribution is -1.97. The highest BCUT2D eigenvalue weighted by atomic mass is 35.5. The van der Waals surface area contributed by atoms with E-state index in [1.54, 1.807) is 6.20 Å². The predicted octanol–water partition coefficient (Wildman–Crippen LogP) is 3.17. The molecule has 2 nitrogen and oxygen atoms in total. The second-order valence-electron chi connectivity index (χ2n) is 3.75. The van der Waals surface area contributed by atoms with Gasteiger partial charge in [0.15, 0.2) is 0 Å². The lowest BCUT2D eigenvalue weighted by Gasteiger charge is -2.06. The zero-order chi connectivity index (χ0) is 11.5. The van der Waals surface area contributed by atoms with Crippen molar-refractivity contribution in [2.45, 2.75) is 13.5 Å². The molecule has 0 aliphatic carbocycles. The molecular formula is C13H13ClN2. The SMILES string of the molecule is Cc1cccc(-c2ncc(CN)cc2Cl)c1. The lowest BCUT2D eigenvalue weighted by molar-refractivity contribution is 1.05. The Balaban J connectivity index is 2.48. The molecule has 0 aliphatic rings. The molecule has 0 bridgehead atoms. The molecule has 1 aromatic heterocycles. The number of nitrogens with two attached hydrogens (primary N) is 1. The summed E-state index contributed by atoms with van der Waals surface area (Å²) in [6.45, 7) is 2.51. The van der Waals surface area contributed by atoms with E-state index >= 15 is 0 Å². The van der Waals surface area contributed by atoms with Crippen molar-refractivity contribution in [2.24, 2.45) is 5.73 Å². The quantitative estimate of drug-likeness (QED) is 0.864. The van der Waals surface area contributed by atoms with E-state index in [4.69, 9.17) is 17.3 Å². The third-order valence-corrected chi connectivity index (χ3v) is 2.71. The first-order valence-electron chi connectivity index (χ1n) is 5.12. The van der Waals surface area contributed by atoms with Crippen LogP contribution in [0.15, 0.2) is 36.5 Å². The Bertz CT molecular complexity index is 509. The number of benzene rings is 1. The van der Waals surface area contributed by atoms with Gasteiger partial charge in [-0.25, -0.2) is 0 Å². The molecule has 3 heteroatoms. The van der Waals surface area contributed by atoms with Gasteiger partial charge in [-0.05, 0) is 24.6 Å². The minimum Gasteiger partial charge on any atom is -0.326 e. The average Bonchev–Trinajstić information content (AvgIpc) is 2.28. The van der Waals surface area contributed by atoms with Crippen LogP contribution in [0.1, 0.15) is 11.1 Å². The van der Waals surface area contributed by atoms with E-state index in [1.165, 1.54) is 5.56 Å². The first kappa shape index (κ1) is 11.1. The summed E-state index contributed by atoms with van der Waals surface area (Å²) in [6, 6.07) is 9.98. The van der Waals surface area contributed by atoms with Gasteiger partial charge in [-0.15, -0.1) is 0 Å². The van der Waals surface area contributed by atoms with Gasteiger partial charge < -0.3 is 5.73 Å². The number of nitrogens with zero attached hydrogens (tertiary/aromatic N) is 1. The fourth-order valence-corrected chi connectivity index (χ4v) is 1.89. The van der Waals surface area contributed by atoms with Crippen LogP contribution in [0.25, 0.3) is 11.3 Å². The molecule has 2 rings (SSSR count). The molecule has 0 saturated heterocycles. The van der Waals surface area contributed by atoms with Gasteiger partial charge in [0, 0.05) is 18.3 Å². The average molecular weight is 233 g/mol. The first-order chi connectivity index (χ1) is 7.70. The monoisotopic (exact) mass is 232 g/mol. The molecule has 2 aromatic rings. The third kappa shape index (κ3) is 2.23. The number of hydrogen-bond donors (Lipinski definition) is 1. The molecule has 2 N–H and O–H groups in total. The van der Waals surface area contributed by atoms with Crippen molar-refractivity contribution in [2.75, 3.05) is 0 Å². The van der Waals surface area contributed by atoms with E-state index < -0.39 is 0 Å². The molecule has 0 radical (unpaired) electrons. The summed E-state index contributed by atoms with van der Waals surface area (Å²) in [7, 11) is 0. The largest absolute Gasteiger partial charge is 0.326 e. The van der Waals surface area contributed by atoms with E-state index in [0.717, 1.165) is 16.8 Å². The van der Waals surface area contributed by atoms with Crippen molar-refractivity contribution in [1.82, 2.24) is 4.98 Å². The summed E-state index contributed by atoms with van der Waals surface area (Å²) < 4.78 is 0. The molecule has 0 unspecified atom stereocenters. The topological polar surface area (TPSA) is 38.9 Å². The van der Waals surface area contributed by atoms with Crippen molar-refractivity contribution >= 4 is 11.6 Å². The van der Waals surface area contributed by atoms with Crippen LogP contribution in [-0.2, 0) is 6.54 Å². The van der Waals surface area contributed by atoms with Crippen LogP contribution in [-0.4, -0.2) is 4.98 Å². The Hall–Kier alpha value is -1.38. The second kappa shape index (κ2) is 4.64. The molecule has 0 aliphatic heterocycles. The molecular weight excluding hydrogens is 220 g/mol. The highest BCUT2D eigenvalue weighted by Gasteiger charge is 2.05. The zero-order valence-electron chi connectivity index (χ0n) is 9.07. The molecule has 82 valence electrons. The first-order valence-corrected chi connectivity index (χ1v) is 5.50. The van der Waals surface area contributed by atoms with Crippen molar-refractivity contribution in [3.05, 3.63) is 52.7 Å². The zero-order valence-corrected chi connectivity index (χ0v) is 9.83. The molecule has 0 atom stereocenters. The van der Waals surface area contributed by atoms with E-state index in [2.05, 4.69) is 11.1 Å². The molecule has 1 heterocycles. The van der Waals surface area contributed by atoms with Gasteiger partial charge in [0.05, 0.1) is 10.7 Å².